The van der Waals surface area contributed by atoms with Crippen molar-refractivity contribution in [2.45, 2.75) is 6.92 Å². The lowest BCUT2D eigenvalue weighted by molar-refractivity contribution is 0.438. The molecule has 0 saturated heterocycles. The van der Waals surface area contributed by atoms with Gasteiger partial charge in [-0.3, -0.25) is 0 Å². The molecule has 2 rings (SSSR count). The van der Waals surface area contributed by atoms with Crippen molar-refractivity contribution in [1.29, 1.82) is 5.26 Å². The molecule has 0 fully saturated rings. The van der Waals surface area contributed by atoms with Gasteiger partial charge in [-0.05, 0) is 58.7 Å². The quantitative estimate of drug-likeness (QED) is 0.802. The Kier molecular flexibility index (Phi) is 3.82. The molecule has 0 N–H and O–H groups in total. The zero-order valence-electron chi connectivity index (χ0n) is 9.88. The van der Waals surface area contributed by atoms with Crippen molar-refractivity contribution in [3.05, 3.63) is 57.6 Å². The number of hydrogen-bond acceptors (Lipinski definition) is 2. The van der Waals surface area contributed by atoms with Crippen LogP contribution in [0.15, 0.2) is 34.8 Å². The number of nitrogens with zero attached hydrogens (tertiary/aromatic N) is 1. The number of rotatable bonds is 2. The maximum Gasteiger partial charge on any atom is 0.181 e. The van der Waals surface area contributed by atoms with E-state index in [9.17, 15) is 8.78 Å². The fourth-order valence-electron chi connectivity index (χ4n) is 1.50. The van der Waals surface area contributed by atoms with E-state index in [4.69, 9.17) is 10.00 Å². The Morgan fingerprint density at radius 2 is 1.95 bits per heavy atom. The fourth-order valence-corrected chi connectivity index (χ4v) is 1.92. The molecule has 0 aliphatic heterocycles. The maximum atomic E-state index is 13.9. The molecule has 0 amide bonds. The summed E-state index contributed by atoms with van der Waals surface area (Å²) < 4.78 is 32.4. The highest BCUT2D eigenvalue weighted by molar-refractivity contribution is 9.10. The number of hydrogen-bond donors (Lipinski definition) is 0. The Hall–Kier alpha value is -1.93. The molecule has 0 radical (unpaired) electrons. The topological polar surface area (TPSA) is 33.0 Å². The second-order valence-corrected chi connectivity index (χ2v) is 4.66. The summed E-state index contributed by atoms with van der Waals surface area (Å²) in [6.45, 7) is 1.59. The van der Waals surface area contributed by atoms with Gasteiger partial charge >= 0.3 is 0 Å². The first-order valence-electron chi connectivity index (χ1n) is 5.35. The predicted molar refractivity (Wildman–Crippen MR) is 70.0 cm³/mol. The Morgan fingerprint density at radius 1 is 1.21 bits per heavy atom. The number of halogens is 3. The minimum absolute atomic E-state index is 0.0307. The molecule has 19 heavy (non-hydrogen) atoms. The van der Waals surface area contributed by atoms with Crippen LogP contribution in [0.3, 0.4) is 0 Å². The van der Waals surface area contributed by atoms with Crippen LogP contribution in [-0.4, -0.2) is 0 Å². The molecule has 0 spiro atoms. The van der Waals surface area contributed by atoms with E-state index in [-0.39, 0.29) is 21.6 Å². The smallest absolute Gasteiger partial charge is 0.181 e. The Bertz CT molecular complexity index is 680. The van der Waals surface area contributed by atoms with Gasteiger partial charge in [0.15, 0.2) is 11.6 Å². The van der Waals surface area contributed by atoms with Crippen LogP contribution < -0.4 is 4.74 Å². The maximum absolute atomic E-state index is 13.9. The minimum Gasteiger partial charge on any atom is -0.454 e. The molecular formula is C14H8BrF2NO. The van der Waals surface area contributed by atoms with Crippen LogP contribution in [0.4, 0.5) is 8.78 Å². The summed E-state index contributed by atoms with van der Waals surface area (Å²) in [6, 6.07) is 8.79. The molecule has 5 heteroatoms. The first kappa shape index (κ1) is 13.5. The molecule has 0 atom stereocenters. The van der Waals surface area contributed by atoms with Crippen molar-refractivity contribution in [3.8, 4) is 17.6 Å². The van der Waals surface area contributed by atoms with E-state index in [1.54, 1.807) is 6.92 Å². The van der Waals surface area contributed by atoms with Crippen LogP contribution in [-0.2, 0) is 0 Å². The molecule has 2 aromatic rings. The van der Waals surface area contributed by atoms with Gasteiger partial charge in [0.05, 0.1) is 10.0 Å². The van der Waals surface area contributed by atoms with Crippen LogP contribution in [0.1, 0.15) is 11.1 Å². The molecule has 0 saturated carbocycles. The van der Waals surface area contributed by atoms with Gasteiger partial charge in [0.25, 0.3) is 0 Å². The summed E-state index contributed by atoms with van der Waals surface area (Å²) in [5.74, 6) is -0.721. The molecule has 2 aromatic carbocycles. The van der Waals surface area contributed by atoms with Crippen molar-refractivity contribution in [1.82, 2.24) is 0 Å². The van der Waals surface area contributed by atoms with Gasteiger partial charge in [-0.2, -0.15) is 5.26 Å². The largest absolute Gasteiger partial charge is 0.454 e. The zero-order chi connectivity index (χ0) is 14.0. The number of benzene rings is 2. The molecule has 0 aliphatic carbocycles. The van der Waals surface area contributed by atoms with E-state index in [0.29, 0.717) is 11.3 Å². The lowest BCUT2D eigenvalue weighted by Gasteiger charge is -2.09. The summed E-state index contributed by atoms with van der Waals surface area (Å²) >= 11 is 2.99. The van der Waals surface area contributed by atoms with Crippen molar-refractivity contribution < 1.29 is 13.5 Å². The average molecular weight is 324 g/mol. The van der Waals surface area contributed by atoms with E-state index < -0.39 is 5.82 Å². The van der Waals surface area contributed by atoms with Gasteiger partial charge in [0.1, 0.15) is 17.6 Å². The molecule has 0 unspecified atom stereocenters. The molecule has 0 aliphatic rings. The Balaban J connectivity index is 2.36. The number of aryl methyl sites for hydroxylation is 1. The van der Waals surface area contributed by atoms with Crippen molar-refractivity contribution in [2.24, 2.45) is 0 Å². The summed E-state index contributed by atoms with van der Waals surface area (Å²) in [5.41, 5.74) is 0.589. The Labute approximate surface area is 117 Å². The van der Waals surface area contributed by atoms with Crippen molar-refractivity contribution in [3.63, 3.8) is 0 Å². The van der Waals surface area contributed by atoms with Crippen LogP contribution in [0.5, 0.6) is 11.5 Å². The molecule has 0 aromatic heterocycles. The van der Waals surface area contributed by atoms with Gasteiger partial charge in [0.2, 0.25) is 0 Å². The van der Waals surface area contributed by atoms with Crippen molar-refractivity contribution >= 4 is 15.9 Å². The van der Waals surface area contributed by atoms with E-state index in [1.165, 1.54) is 30.3 Å². The third-order valence-corrected chi connectivity index (χ3v) is 3.30. The fraction of sp³-hybridized carbons (Fsp3) is 0.0714. The summed E-state index contributed by atoms with van der Waals surface area (Å²) in [6.07, 6.45) is 0. The van der Waals surface area contributed by atoms with Crippen LogP contribution in [0.2, 0.25) is 0 Å². The third-order valence-electron chi connectivity index (χ3n) is 2.52. The molecule has 0 bridgehead atoms. The van der Waals surface area contributed by atoms with Gasteiger partial charge in [-0.25, -0.2) is 8.78 Å². The highest BCUT2D eigenvalue weighted by atomic mass is 79.9. The number of nitriles is 1. The lowest BCUT2D eigenvalue weighted by atomic mass is 10.2. The second kappa shape index (κ2) is 5.37. The van der Waals surface area contributed by atoms with Crippen LogP contribution >= 0.6 is 15.9 Å². The first-order valence-corrected chi connectivity index (χ1v) is 6.14. The highest BCUT2D eigenvalue weighted by Crippen LogP contribution is 2.31. The molecule has 96 valence electrons. The van der Waals surface area contributed by atoms with Crippen molar-refractivity contribution in [2.75, 3.05) is 0 Å². The molecule has 0 heterocycles. The third kappa shape index (κ3) is 2.74. The highest BCUT2D eigenvalue weighted by Gasteiger charge is 2.13. The molecular weight excluding hydrogens is 316 g/mol. The summed E-state index contributed by atoms with van der Waals surface area (Å²) in [4.78, 5) is 0. The van der Waals surface area contributed by atoms with Gasteiger partial charge < -0.3 is 4.74 Å². The van der Waals surface area contributed by atoms with E-state index >= 15 is 0 Å². The van der Waals surface area contributed by atoms with Gasteiger partial charge in [-0.15, -0.1) is 0 Å². The minimum atomic E-state index is -0.666. The summed E-state index contributed by atoms with van der Waals surface area (Å²) in [5, 5.41) is 8.76. The van der Waals surface area contributed by atoms with Gasteiger partial charge in [0, 0.05) is 0 Å². The van der Waals surface area contributed by atoms with Gasteiger partial charge in [-0.1, -0.05) is 0 Å². The van der Waals surface area contributed by atoms with Crippen LogP contribution in [0.25, 0.3) is 0 Å². The predicted octanol–water partition coefficient (Wildman–Crippen LogP) is 4.70. The summed E-state index contributed by atoms with van der Waals surface area (Å²) in [7, 11) is 0. The zero-order valence-corrected chi connectivity index (χ0v) is 11.5. The monoisotopic (exact) mass is 323 g/mol. The SMILES string of the molecule is Cc1cc(Oc2ccc(C#N)c(Br)c2F)ccc1F. The van der Waals surface area contributed by atoms with E-state index in [0.717, 1.165) is 0 Å². The second-order valence-electron chi connectivity index (χ2n) is 3.86. The average Bonchev–Trinajstić information content (AvgIpc) is 2.40. The number of ether oxygens (including phenoxy) is 1. The van der Waals surface area contributed by atoms with E-state index in [2.05, 4.69) is 15.9 Å². The first-order chi connectivity index (χ1) is 9.02. The molecule has 2 nitrogen and oxygen atoms in total. The van der Waals surface area contributed by atoms with Crippen LogP contribution in [0, 0.1) is 29.9 Å². The standard InChI is InChI=1S/C14H8BrF2NO/c1-8-6-10(3-4-11(8)16)19-12-5-2-9(7-18)13(15)14(12)17/h2-6H,1H3. The lowest BCUT2D eigenvalue weighted by Crippen LogP contribution is -1.93. The normalized spacial score (nSPS) is 10.1. The Morgan fingerprint density at radius 3 is 2.58 bits per heavy atom. The van der Waals surface area contributed by atoms with E-state index in [1.807, 2.05) is 6.07 Å².